The number of allylic oxidation sites excluding steroid dienone is 1. The van der Waals surface area contributed by atoms with Gasteiger partial charge in [-0.1, -0.05) is 23.4 Å². The molecule has 4 aromatic rings. The second-order valence-corrected chi connectivity index (χ2v) is 8.47. The minimum Gasteiger partial charge on any atom is -0.422 e. The van der Waals surface area contributed by atoms with E-state index in [0.717, 1.165) is 0 Å². The lowest BCUT2D eigenvalue weighted by molar-refractivity contribution is 0.104. The number of benzene rings is 2. The first kappa shape index (κ1) is 21.1. The molecule has 0 radical (unpaired) electrons. The number of rotatable bonds is 7. The van der Waals surface area contributed by atoms with Gasteiger partial charge >= 0.3 is 5.63 Å². The molecule has 2 N–H and O–H groups in total. The molecule has 32 heavy (non-hydrogen) atoms. The fourth-order valence-electron chi connectivity index (χ4n) is 2.87. The van der Waals surface area contributed by atoms with Crippen LogP contribution in [0.5, 0.6) is 0 Å². The maximum Gasteiger partial charge on any atom is 0.347 e. The molecular weight excluding hydrogens is 434 g/mol. The zero-order valence-electron chi connectivity index (χ0n) is 16.7. The number of anilines is 2. The fraction of sp³-hybridized carbons (Fsp3) is 0.0455. The second-order valence-electron chi connectivity index (χ2n) is 6.79. The van der Waals surface area contributed by atoms with E-state index >= 15 is 0 Å². The Morgan fingerprint density at radius 1 is 1.06 bits per heavy atom. The molecule has 0 aliphatic rings. The average molecular weight is 451 g/mol. The molecule has 0 bridgehead atoms. The monoisotopic (exact) mass is 451 g/mol. The standard InChI is InChI=1S/C22H17N3O6S/c1-14-12-21(31-24-14)25-32(28,29)17-8-6-16(7-9-17)23-11-10-19(26)18-13-15-4-2-3-5-20(15)30-22(18)27/h2-13,23,25H,1H3/b11-10-. The first-order valence-electron chi connectivity index (χ1n) is 9.38. The summed E-state index contributed by atoms with van der Waals surface area (Å²) in [4.78, 5) is 24.4. The van der Waals surface area contributed by atoms with Gasteiger partial charge in [-0.25, -0.2) is 17.9 Å². The summed E-state index contributed by atoms with van der Waals surface area (Å²) in [5, 5.41) is 7.12. The first-order chi connectivity index (χ1) is 15.3. The van der Waals surface area contributed by atoms with E-state index in [0.29, 0.717) is 22.4 Å². The molecule has 0 fully saturated rings. The Kier molecular flexibility index (Phi) is 5.61. The Labute approximate surface area is 182 Å². The third kappa shape index (κ3) is 4.60. The van der Waals surface area contributed by atoms with Crippen LogP contribution < -0.4 is 15.7 Å². The number of nitrogens with zero attached hydrogens (tertiary/aromatic N) is 1. The molecule has 0 aliphatic carbocycles. The van der Waals surface area contributed by atoms with E-state index < -0.39 is 21.4 Å². The van der Waals surface area contributed by atoms with Crippen LogP contribution in [0.15, 0.2) is 91.6 Å². The van der Waals surface area contributed by atoms with Crippen LogP contribution in [0.4, 0.5) is 11.6 Å². The summed E-state index contributed by atoms with van der Waals surface area (Å²) in [6, 6.07) is 15.7. The minimum atomic E-state index is -3.84. The summed E-state index contributed by atoms with van der Waals surface area (Å²) in [5.74, 6) is -0.507. The van der Waals surface area contributed by atoms with Gasteiger partial charge in [0.2, 0.25) is 5.88 Å². The van der Waals surface area contributed by atoms with Crippen LogP contribution in [-0.2, 0) is 10.0 Å². The predicted molar refractivity (Wildman–Crippen MR) is 118 cm³/mol. The van der Waals surface area contributed by atoms with E-state index in [4.69, 9.17) is 8.94 Å². The molecule has 0 saturated heterocycles. The molecule has 2 aromatic carbocycles. The Balaban J connectivity index is 1.43. The maximum atomic E-state index is 12.4. The molecule has 4 rings (SSSR count). The van der Waals surface area contributed by atoms with Gasteiger partial charge in [0.1, 0.15) is 11.1 Å². The van der Waals surface area contributed by atoms with Crippen LogP contribution in [0.2, 0.25) is 0 Å². The number of aromatic nitrogens is 1. The number of hydrogen-bond acceptors (Lipinski definition) is 8. The van der Waals surface area contributed by atoms with Gasteiger partial charge in [-0.05, 0) is 43.3 Å². The highest BCUT2D eigenvalue weighted by molar-refractivity contribution is 7.92. The number of para-hydroxylation sites is 1. The average Bonchev–Trinajstić information content (AvgIpc) is 3.17. The number of nitrogens with one attached hydrogen (secondary N) is 2. The zero-order chi connectivity index (χ0) is 22.7. The Morgan fingerprint density at radius 2 is 1.81 bits per heavy atom. The molecule has 0 aliphatic heterocycles. The fourth-order valence-corrected chi connectivity index (χ4v) is 3.84. The van der Waals surface area contributed by atoms with Gasteiger partial charge in [-0.15, -0.1) is 0 Å². The number of hydrogen-bond donors (Lipinski definition) is 2. The van der Waals surface area contributed by atoms with Gasteiger partial charge in [0, 0.05) is 29.4 Å². The Bertz CT molecular complexity index is 1480. The van der Waals surface area contributed by atoms with E-state index in [2.05, 4.69) is 15.2 Å². The van der Waals surface area contributed by atoms with Crippen LogP contribution in [0.1, 0.15) is 16.1 Å². The van der Waals surface area contributed by atoms with Crippen molar-refractivity contribution in [3.8, 4) is 0 Å². The number of sulfonamides is 1. The van der Waals surface area contributed by atoms with Crippen molar-refractivity contribution in [2.24, 2.45) is 0 Å². The topological polar surface area (TPSA) is 132 Å². The van der Waals surface area contributed by atoms with E-state index in [1.165, 1.54) is 48.7 Å². The quantitative estimate of drug-likeness (QED) is 0.247. The van der Waals surface area contributed by atoms with Gasteiger partial charge in [-0.2, -0.15) is 0 Å². The lowest BCUT2D eigenvalue weighted by Gasteiger charge is -2.06. The lowest BCUT2D eigenvalue weighted by Crippen LogP contribution is -2.12. The van der Waals surface area contributed by atoms with Gasteiger partial charge in [0.25, 0.3) is 10.0 Å². The van der Waals surface area contributed by atoms with Crippen molar-refractivity contribution in [2.45, 2.75) is 11.8 Å². The maximum absolute atomic E-state index is 12.4. The summed E-state index contributed by atoms with van der Waals surface area (Å²) < 4.78 is 37.1. The van der Waals surface area contributed by atoms with Crippen molar-refractivity contribution in [1.82, 2.24) is 5.16 Å². The van der Waals surface area contributed by atoms with Crippen LogP contribution in [0.25, 0.3) is 11.0 Å². The number of carbonyl (C=O) groups excluding carboxylic acids is 1. The molecular formula is C22H17N3O6S. The van der Waals surface area contributed by atoms with Crippen molar-refractivity contribution >= 4 is 38.3 Å². The van der Waals surface area contributed by atoms with Crippen LogP contribution >= 0.6 is 0 Å². The van der Waals surface area contributed by atoms with Crippen LogP contribution in [0, 0.1) is 6.92 Å². The van der Waals surface area contributed by atoms with Crippen LogP contribution in [0.3, 0.4) is 0 Å². The third-order valence-electron chi connectivity index (χ3n) is 4.42. The zero-order valence-corrected chi connectivity index (χ0v) is 17.5. The number of aryl methyl sites for hydroxylation is 1. The first-order valence-corrected chi connectivity index (χ1v) is 10.9. The van der Waals surface area contributed by atoms with Crippen molar-refractivity contribution in [1.29, 1.82) is 0 Å². The molecule has 0 spiro atoms. The molecule has 162 valence electrons. The number of carbonyl (C=O) groups is 1. The summed E-state index contributed by atoms with van der Waals surface area (Å²) in [6.45, 7) is 1.67. The van der Waals surface area contributed by atoms with Crippen LogP contribution in [-0.4, -0.2) is 19.4 Å². The SMILES string of the molecule is Cc1cc(NS(=O)(=O)c2ccc(N/C=C\C(=O)c3cc4ccccc4oc3=O)cc2)on1. The molecule has 2 heterocycles. The largest absolute Gasteiger partial charge is 0.422 e. The van der Waals surface area contributed by atoms with Crippen molar-refractivity contribution < 1.29 is 22.2 Å². The predicted octanol–water partition coefficient (Wildman–Crippen LogP) is 3.70. The van der Waals surface area contributed by atoms with E-state index in [1.54, 1.807) is 31.2 Å². The summed E-state index contributed by atoms with van der Waals surface area (Å²) in [6.07, 6.45) is 2.55. The summed E-state index contributed by atoms with van der Waals surface area (Å²) in [5.41, 5.74) is 0.678. The molecule has 0 saturated carbocycles. The summed E-state index contributed by atoms with van der Waals surface area (Å²) >= 11 is 0. The second kappa shape index (κ2) is 8.52. The van der Waals surface area contributed by atoms with Crippen molar-refractivity contribution in [2.75, 3.05) is 10.0 Å². The normalized spacial score (nSPS) is 11.7. The smallest absolute Gasteiger partial charge is 0.347 e. The van der Waals surface area contributed by atoms with Gasteiger partial charge in [-0.3, -0.25) is 4.79 Å². The Morgan fingerprint density at radius 3 is 2.53 bits per heavy atom. The highest BCUT2D eigenvalue weighted by atomic mass is 32.2. The van der Waals surface area contributed by atoms with E-state index in [9.17, 15) is 18.0 Å². The lowest BCUT2D eigenvalue weighted by atomic mass is 10.1. The molecule has 0 amide bonds. The van der Waals surface area contributed by atoms with Gasteiger partial charge < -0.3 is 14.3 Å². The van der Waals surface area contributed by atoms with E-state index in [-0.39, 0.29) is 16.3 Å². The molecule has 0 unspecified atom stereocenters. The molecule has 0 atom stereocenters. The molecule has 9 nitrogen and oxygen atoms in total. The number of fused-ring (bicyclic) bond motifs is 1. The highest BCUT2D eigenvalue weighted by Gasteiger charge is 2.16. The van der Waals surface area contributed by atoms with Crippen molar-refractivity contribution in [3.05, 3.63) is 94.6 Å². The summed E-state index contributed by atoms with van der Waals surface area (Å²) in [7, 11) is -3.84. The highest BCUT2D eigenvalue weighted by Crippen LogP contribution is 2.19. The molecule has 10 heteroatoms. The van der Waals surface area contributed by atoms with Gasteiger partial charge in [0.05, 0.1) is 10.6 Å². The Hall–Kier alpha value is -4.18. The third-order valence-corrected chi connectivity index (χ3v) is 5.78. The van der Waals surface area contributed by atoms with E-state index in [1.807, 2.05) is 0 Å². The van der Waals surface area contributed by atoms with Crippen molar-refractivity contribution in [3.63, 3.8) is 0 Å². The van der Waals surface area contributed by atoms with Gasteiger partial charge in [0.15, 0.2) is 5.78 Å². The molecule has 2 aromatic heterocycles. The number of ketones is 1. The minimum absolute atomic E-state index is 0.0179.